The second-order valence-corrected chi connectivity index (χ2v) is 6.66. The molecule has 1 aromatic carbocycles. The Kier molecular flexibility index (Phi) is 3.13. The van der Waals surface area contributed by atoms with Crippen LogP contribution in [0.25, 0.3) is 0 Å². The molecule has 1 spiro atoms. The van der Waals surface area contributed by atoms with E-state index in [0.717, 1.165) is 0 Å². The van der Waals surface area contributed by atoms with Crippen molar-refractivity contribution in [1.29, 1.82) is 0 Å². The van der Waals surface area contributed by atoms with Gasteiger partial charge in [0.25, 0.3) is 0 Å². The van der Waals surface area contributed by atoms with Crippen molar-refractivity contribution in [3.05, 3.63) is 35.9 Å². The van der Waals surface area contributed by atoms with Crippen LogP contribution in [0.5, 0.6) is 0 Å². The van der Waals surface area contributed by atoms with E-state index in [-0.39, 0.29) is 18.3 Å². The highest BCUT2D eigenvalue weighted by atomic mass is 16.8. The van der Waals surface area contributed by atoms with Crippen molar-refractivity contribution in [3.8, 4) is 0 Å². The SMILES string of the molecule is CC1(C)OC2C(=O)[C@@]3(C[C@H]3COC(=O)c3ccccc3)O[C@@H]2O1. The molecule has 2 heterocycles. The van der Waals surface area contributed by atoms with Crippen LogP contribution in [0, 0.1) is 5.92 Å². The Balaban J connectivity index is 1.36. The average molecular weight is 318 g/mol. The maximum Gasteiger partial charge on any atom is 0.338 e. The molecule has 1 unspecified atom stereocenters. The van der Waals surface area contributed by atoms with Gasteiger partial charge in [-0.1, -0.05) is 18.2 Å². The summed E-state index contributed by atoms with van der Waals surface area (Å²) in [6.45, 7) is 3.66. The van der Waals surface area contributed by atoms with E-state index in [2.05, 4.69) is 0 Å². The lowest BCUT2D eigenvalue weighted by Crippen LogP contribution is -2.33. The summed E-state index contributed by atoms with van der Waals surface area (Å²) in [5, 5.41) is 0. The first-order valence-electron chi connectivity index (χ1n) is 7.71. The van der Waals surface area contributed by atoms with Crippen molar-refractivity contribution in [3.63, 3.8) is 0 Å². The summed E-state index contributed by atoms with van der Waals surface area (Å²) in [6.07, 6.45) is -0.805. The van der Waals surface area contributed by atoms with E-state index < -0.39 is 29.8 Å². The minimum Gasteiger partial charge on any atom is -0.462 e. The van der Waals surface area contributed by atoms with Gasteiger partial charge in [-0.3, -0.25) is 4.79 Å². The Morgan fingerprint density at radius 2 is 1.96 bits per heavy atom. The first-order chi connectivity index (χ1) is 10.9. The third-order valence-corrected chi connectivity index (χ3v) is 4.53. The van der Waals surface area contributed by atoms with E-state index in [0.29, 0.717) is 12.0 Å². The summed E-state index contributed by atoms with van der Waals surface area (Å²) >= 11 is 0. The van der Waals surface area contributed by atoms with Crippen LogP contribution in [-0.2, 0) is 23.7 Å². The molecule has 0 amide bonds. The highest BCUT2D eigenvalue weighted by Gasteiger charge is 2.72. The molecule has 2 aliphatic heterocycles. The molecule has 4 atom stereocenters. The zero-order valence-corrected chi connectivity index (χ0v) is 13.0. The molecule has 1 aromatic rings. The molecule has 0 N–H and O–H groups in total. The monoisotopic (exact) mass is 318 g/mol. The molecular formula is C17H18O6. The highest BCUT2D eigenvalue weighted by molar-refractivity contribution is 5.97. The molecule has 3 aliphatic rings. The molecule has 2 saturated heterocycles. The van der Waals surface area contributed by atoms with Crippen LogP contribution in [0.15, 0.2) is 30.3 Å². The van der Waals surface area contributed by atoms with Crippen molar-refractivity contribution in [1.82, 2.24) is 0 Å². The van der Waals surface area contributed by atoms with Crippen LogP contribution >= 0.6 is 0 Å². The normalized spacial score (nSPS) is 37.0. The van der Waals surface area contributed by atoms with E-state index in [9.17, 15) is 9.59 Å². The fourth-order valence-corrected chi connectivity index (χ4v) is 3.28. The molecule has 1 aliphatic carbocycles. The van der Waals surface area contributed by atoms with Gasteiger partial charge >= 0.3 is 5.97 Å². The average Bonchev–Trinajstić information content (AvgIpc) is 3.06. The van der Waals surface area contributed by atoms with Crippen LogP contribution in [-0.4, -0.2) is 42.1 Å². The number of Topliss-reactive ketones (excluding diaryl/α,β-unsaturated/α-hetero) is 1. The predicted octanol–water partition coefficient (Wildman–Crippen LogP) is 1.68. The Morgan fingerprint density at radius 3 is 2.65 bits per heavy atom. The predicted molar refractivity (Wildman–Crippen MR) is 77.5 cm³/mol. The number of fused-ring (bicyclic) bond motifs is 1. The fourth-order valence-electron chi connectivity index (χ4n) is 3.28. The second-order valence-electron chi connectivity index (χ2n) is 6.66. The fraction of sp³-hybridized carbons (Fsp3) is 0.529. The summed E-state index contributed by atoms with van der Waals surface area (Å²) in [7, 11) is 0. The van der Waals surface area contributed by atoms with E-state index in [4.69, 9.17) is 18.9 Å². The summed E-state index contributed by atoms with van der Waals surface area (Å²) in [4.78, 5) is 24.5. The summed E-state index contributed by atoms with van der Waals surface area (Å²) in [6, 6.07) is 8.76. The first-order valence-corrected chi connectivity index (χ1v) is 7.71. The number of carbonyl (C=O) groups excluding carboxylic acids is 2. The van der Waals surface area contributed by atoms with Crippen LogP contribution in [0.1, 0.15) is 30.6 Å². The van der Waals surface area contributed by atoms with Crippen LogP contribution in [0.3, 0.4) is 0 Å². The summed E-state index contributed by atoms with van der Waals surface area (Å²) < 4.78 is 22.3. The number of hydrogen-bond acceptors (Lipinski definition) is 6. The minimum absolute atomic E-state index is 0.103. The molecule has 6 nitrogen and oxygen atoms in total. The van der Waals surface area contributed by atoms with Gasteiger partial charge in [0, 0.05) is 5.92 Å². The Bertz CT molecular complexity index is 654. The second kappa shape index (κ2) is 4.87. The summed E-state index contributed by atoms with van der Waals surface area (Å²) in [5.41, 5.74) is -0.408. The molecule has 23 heavy (non-hydrogen) atoms. The smallest absolute Gasteiger partial charge is 0.338 e. The molecule has 122 valence electrons. The lowest BCUT2D eigenvalue weighted by molar-refractivity contribution is -0.210. The quantitative estimate of drug-likeness (QED) is 0.790. The van der Waals surface area contributed by atoms with Gasteiger partial charge in [-0.15, -0.1) is 0 Å². The summed E-state index contributed by atoms with van der Waals surface area (Å²) in [5.74, 6) is -1.44. The number of esters is 1. The molecule has 3 fully saturated rings. The zero-order valence-electron chi connectivity index (χ0n) is 13.0. The third-order valence-electron chi connectivity index (χ3n) is 4.53. The molecule has 6 heteroatoms. The Labute approximate surface area is 133 Å². The van der Waals surface area contributed by atoms with Gasteiger partial charge in [0.1, 0.15) is 5.60 Å². The van der Waals surface area contributed by atoms with Crippen LogP contribution < -0.4 is 0 Å². The van der Waals surface area contributed by atoms with Crippen LogP contribution in [0.4, 0.5) is 0 Å². The minimum atomic E-state index is -0.900. The molecule has 0 aromatic heterocycles. The van der Waals surface area contributed by atoms with Crippen molar-refractivity contribution < 1.29 is 28.5 Å². The standard InChI is InChI=1S/C17H18O6/c1-16(2)21-12-13(18)17(23-15(12)22-16)8-11(17)9-20-14(19)10-6-4-3-5-7-10/h3-7,11-12,15H,8-9H2,1-2H3/t11-,12?,15-,17-/m0/s1. The number of carbonyl (C=O) groups is 2. The van der Waals surface area contributed by atoms with E-state index >= 15 is 0 Å². The first kappa shape index (κ1) is 14.8. The topological polar surface area (TPSA) is 71.1 Å². The highest BCUT2D eigenvalue weighted by Crippen LogP contribution is 2.56. The third kappa shape index (κ3) is 2.38. The van der Waals surface area contributed by atoms with Crippen LogP contribution in [0.2, 0.25) is 0 Å². The van der Waals surface area contributed by atoms with Crippen molar-refractivity contribution in [2.45, 2.75) is 44.1 Å². The largest absolute Gasteiger partial charge is 0.462 e. The van der Waals surface area contributed by atoms with Gasteiger partial charge in [-0.05, 0) is 32.4 Å². The maximum atomic E-state index is 12.5. The van der Waals surface area contributed by atoms with Gasteiger partial charge in [-0.25, -0.2) is 4.79 Å². The molecule has 0 bridgehead atoms. The van der Waals surface area contributed by atoms with Gasteiger partial charge in [-0.2, -0.15) is 0 Å². The van der Waals surface area contributed by atoms with Crippen molar-refractivity contribution in [2.24, 2.45) is 5.92 Å². The van der Waals surface area contributed by atoms with Crippen molar-refractivity contribution >= 4 is 11.8 Å². The maximum absolute atomic E-state index is 12.5. The Morgan fingerprint density at radius 1 is 1.22 bits per heavy atom. The number of benzene rings is 1. The van der Waals surface area contributed by atoms with E-state index in [1.807, 2.05) is 6.07 Å². The van der Waals surface area contributed by atoms with Gasteiger partial charge in [0.15, 0.2) is 24.0 Å². The number of rotatable bonds is 3. The number of hydrogen-bond donors (Lipinski definition) is 0. The van der Waals surface area contributed by atoms with Crippen molar-refractivity contribution in [2.75, 3.05) is 6.61 Å². The van der Waals surface area contributed by atoms with E-state index in [1.54, 1.807) is 38.1 Å². The van der Waals surface area contributed by atoms with E-state index in [1.165, 1.54) is 0 Å². The molecule has 1 saturated carbocycles. The lowest BCUT2D eigenvalue weighted by Gasteiger charge is -2.20. The zero-order chi connectivity index (χ0) is 16.2. The lowest BCUT2D eigenvalue weighted by atomic mass is 10.1. The number of ether oxygens (including phenoxy) is 4. The Hall–Kier alpha value is -1.76. The van der Waals surface area contributed by atoms with Gasteiger partial charge in [0.05, 0.1) is 12.2 Å². The number of ketones is 1. The van der Waals surface area contributed by atoms with Gasteiger partial charge in [0.2, 0.25) is 0 Å². The molecule has 0 radical (unpaired) electrons. The molecule has 4 rings (SSSR count). The molecular weight excluding hydrogens is 300 g/mol. The van der Waals surface area contributed by atoms with Gasteiger partial charge < -0.3 is 18.9 Å².